The number of carbonyl (C=O) groups is 2. The number of aromatic nitrogens is 2. The average molecular weight is 494 g/mol. The molecule has 2 aromatic heterocycles. The van der Waals surface area contributed by atoms with Crippen LogP contribution < -0.4 is 20.3 Å². The van der Waals surface area contributed by atoms with Crippen LogP contribution in [0.5, 0.6) is 11.5 Å². The van der Waals surface area contributed by atoms with Gasteiger partial charge in [0, 0.05) is 16.8 Å². The number of nitrogens with one attached hydrogen (secondary N) is 1. The monoisotopic (exact) mass is 493 g/mol. The minimum Gasteiger partial charge on any atom is -0.497 e. The van der Waals surface area contributed by atoms with Crippen molar-refractivity contribution in [3.05, 3.63) is 75.5 Å². The van der Waals surface area contributed by atoms with Crippen LogP contribution in [-0.2, 0) is 9.53 Å². The average Bonchev–Trinajstić information content (AvgIpc) is 3.28. The van der Waals surface area contributed by atoms with Crippen molar-refractivity contribution in [3.8, 4) is 17.2 Å². The van der Waals surface area contributed by atoms with E-state index in [1.165, 1.54) is 7.11 Å². The number of carbonyl (C=O) groups excluding carboxylic acids is 2. The van der Waals surface area contributed by atoms with Gasteiger partial charge in [0.15, 0.2) is 12.3 Å². The van der Waals surface area contributed by atoms with Gasteiger partial charge in [-0.3, -0.25) is 9.59 Å². The summed E-state index contributed by atoms with van der Waals surface area (Å²) in [4.78, 5) is 38.7. The normalized spacial score (nSPS) is 10.7. The Morgan fingerprint density at radius 1 is 1.11 bits per heavy atom. The fraction of sp³-hybridized carbons (Fsp3) is 0.200. The van der Waals surface area contributed by atoms with Gasteiger partial charge in [-0.1, -0.05) is 23.8 Å². The molecule has 0 aliphatic rings. The number of hydrogen-bond acceptors (Lipinski definition) is 8. The predicted molar refractivity (Wildman–Crippen MR) is 133 cm³/mol. The molecule has 0 saturated carbocycles. The molecular formula is C25H23N3O6S. The largest absolute Gasteiger partial charge is 0.497 e. The first-order valence-corrected chi connectivity index (χ1v) is 11.6. The molecule has 0 bridgehead atoms. The summed E-state index contributed by atoms with van der Waals surface area (Å²) in [6.45, 7) is 3.53. The number of thiophene rings is 1. The van der Waals surface area contributed by atoms with Crippen molar-refractivity contribution in [1.29, 1.82) is 0 Å². The van der Waals surface area contributed by atoms with E-state index in [1.54, 1.807) is 48.7 Å². The van der Waals surface area contributed by atoms with Crippen LogP contribution in [-0.4, -0.2) is 42.0 Å². The van der Waals surface area contributed by atoms with Crippen molar-refractivity contribution in [3.63, 3.8) is 0 Å². The molecule has 1 amide bonds. The molecule has 0 spiro atoms. The van der Waals surface area contributed by atoms with Crippen molar-refractivity contribution >= 4 is 39.0 Å². The fourth-order valence-electron chi connectivity index (χ4n) is 3.36. The molecule has 0 unspecified atom stereocenters. The van der Waals surface area contributed by atoms with Gasteiger partial charge in [0.2, 0.25) is 0 Å². The number of hydrogen-bond donors (Lipinski definition) is 1. The Morgan fingerprint density at radius 3 is 2.60 bits per heavy atom. The summed E-state index contributed by atoms with van der Waals surface area (Å²) in [5.41, 5.74) is 0.937. The summed E-state index contributed by atoms with van der Waals surface area (Å²) in [6, 6.07) is 14.0. The van der Waals surface area contributed by atoms with Crippen LogP contribution in [0.2, 0.25) is 0 Å². The topological polar surface area (TPSA) is 109 Å². The highest BCUT2D eigenvalue weighted by Crippen LogP contribution is 2.31. The molecule has 2 heterocycles. The number of esters is 1. The number of methoxy groups -OCH3 is 1. The number of rotatable bonds is 8. The van der Waals surface area contributed by atoms with Crippen LogP contribution >= 0.6 is 11.3 Å². The lowest BCUT2D eigenvalue weighted by Crippen LogP contribution is -2.26. The molecule has 0 atom stereocenters. The summed E-state index contributed by atoms with van der Waals surface area (Å²) in [7, 11) is 1.51. The zero-order chi connectivity index (χ0) is 24.9. The molecule has 1 N–H and O–H groups in total. The highest BCUT2D eigenvalue weighted by atomic mass is 32.1. The maximum Gasteiger partial charge on any atom is 0.359 e. The number of benzene rings is 2. The molecule has 0 aliphatic carbocycles. The van der Waals surface area contributed by atoms with Crippen molar-refractivity contribution in [2.75, 3.05) is 25.6 Å². The van der Waals surface area contributed by atoms with Crippen LogP contribution in [0.4, 0.5) is 5.00 Å². The van der Waals surface area contributed by atoms with Crippen molar-refractivity contribution in [2.45, 2.75) is 13.8 Å². The quantitative estimate of drug-likeness (QED) is 0.370. The van der Waals surface area contributed by atoms with E-state index in [1.807, 2.05) is 19.1 Å². The Kier molecular flexibility index (Phi) is 7.11. The SMILES string of the molecule is CCOC(=O)c1nn(-c2cccc(OC)c2)c(=O)c2c(NC(=O)COc3ccc(C)cc3)scc12. The molecule has 4 aromatic rings. The molecular weight excluding hydrogens is 470 g/mol. The number of amides is 1. The molecule has 0 saturated heterocycles. The molecule has 0 aliphatic heterocycles. The van der Waals surface area contributed by atoms with Crippen LogP contribution in [0.1, 0.15) is 23.0 Å². The summed E-state index contributed by atoms with van der Waals surface area (Å²) in [5, 5.41) is 9.34. The van der Waals surface area contributed by atoms with Crippen molar-refractivity contribution in [1.82, 2.24) is 9.78 Å². The Balaban J connectivity index is 1.72. The van der Waals surface area contributed by atoms with Gasteiger partial charge in [-0.15, -0.1) is 11.3 Å². The maximum atomic E-state index is 13.5. The van der Waals surface area contributed by atoms with Gasteiger partial charge in [-0.05, 0) is 38.1 Å². The first-order chi connectivity index (χ1) is 16.9. The van der Waals surface area contributed by atoms with Crippen LogP contribution in [0, 0.1) is 6.92 Å². The third kappa shape index (κ3) is 5.17. The number of ether oxygens (including phenoxy) is 3. The molecule has 0 fully saturated rings. The minimum absolute atomic E-state index is 0.0306. The van der Waals surface area contributed by atoms with Crippen LogP contribution in [0.3, 0.4) is 0 Å². The third-order valence-corrected chi connectivity index (χ3v) is 5.96. The van der Waals surface area contributed by atoms with Gasteiger partial charge >= 0.3 is 5.97 Å². The molecule has 2 aromatic carbocycles. The second-order valence-corrected chi connectivity index (χ2v) is 8.37. The van der Waals surface area contributed by atoms with Crippen molar-refractivity contribution < 1.29 is 23.8 Å². The molecule has 4 rings (SSSR count). The molecule has 35 heavy (non-hydrogen) atoms. The third-order valence-electron chi connectivity index (χ3n) is 5.06. The van der Waals surface area contributed by atoms with Crippen molar-refractivity contribution in [2.24, 2.45) is 0 Å². The highest BCUT2D eigenvalue weighted by molar-refractivity contribution is 7.16. The lowest BCUT2D eigenvalue weighted by molar-refractivity contribution is -0.118. The maximum absolute atomic E-state index is 13.5. The van der Waals surface area contributed by atoms with Gasteiger partial charge in [0.05, 0.1) is 24.8 Å². The van der Waals surface area contributed by atoms with E-state index in [0.29, 0.717) is 22.6 Å². The smallest absolute Gasteiger partial charge is 0.359 e. The lowest BCUT2D eigenvalue weighted by atomic mass is 10.2. The first kappa shape index (κ1) is 24.0. The molecule has 9 nitrogen and oxygen atoms in total. The second-order valence-electron chi connectivity index (χ2n) is 7.49. The number of aryl methyl sites for hydroxylation is 1. The Morgan fingerprint density at radius 2 is 1.89 bits per heavy atom. The van der Waals surface area contributed by atoms with E-state index < -0.39 is 17.4 Å². The van der Waals surface area contributed by atoms with E-state index >= 15 is 0 Å². The summed E-state index contributed by atoms with van der Waals surface area (Å²) >= 11 is 1.12. The van der Waals surface area contributed by atoms with E-state index in [-0.39, 0.29) is 29.3 Å². The van der Waals surface area contributed by atoms with Crippen LogP contribution in [0.25, 0.3) is 16.5 Å². The van der Waals surface area contributed by atoms with Gasteiger partial charge < -0.3 is 19.5 Å². The zero-order valence-electron chi connectivity index (χ0n) is 19.4. The molecule has 0 radical (unpaired) electrons. The molecule has 10 heteroatoms. The summed E-state index contributed by atoms with van der Waals surface area (Å²) in [5.74, 6) is -0.0549. The van der Waals surface area contributed by atoms with Gasteiger partial charge in [0.1, 0.15) is 16.5 Å². The highest BCUT2D eigenvalue weighted by Gasteiger charge is 2.23. The summed E-state index contributed by atoms with van der Waals surface area (Å²) < 4.78 is 17.0. The standard InChI is InChI=1S/C25H23N3O6S/c1-4-33-25(31)22-19-14-35-23(26-20(29)13-34-17-10-8-15(2)9-11-17)21(19)24(30)28(27-22)16-6-5-7-18(12-16)32-3/h5-12,14H,4,13H2,1-3H3,(H,26,29). The number of fused-ring (bicyclic) bond motifs is 1. The van der Waals surface area contributed by atoms with Gasteiger partial charge in [0.25, 0.3) is 11.5 Å². The zero-order valence-corrected chi connectivity index (χ0v) is 20.2. The van der Waals surface area contributed by atoms with E-state index in [4.69, 9.17) is 14.2 Å². The Bertz CT molecular complexity index is 1440. The Hall–Kier alpha value is -4.18. The van der Waals surface area contributed by atoms with Crippen LogP contribution in [0.15, 0.2) is 58.7 Å². The first-order valence-electron chi connectivity index (χ1n) is 10.8. The van der Waals surface area contributed by atoms with Gasteiger partial charge in [-0.2, -0.15) is 9.78 Å². The fourth-order valence-corrected chi connectivity index (χ4v) is 4.31. The molecule has 180 valence electrons. The summed E-state index contributed by atoms with van der Waals surface area (Å²) in [6.07, 6.45) is 0. The van der Waals surface area contributed by atoms with E-state index in [2.05, 4.69) is 10.4 Å². The van der Waals surface area contributed by atoms with Gasteiger partial charge in [-0.25, -0.2) is 4.79 Å². The number of anilines is 1. The predicted octanol–water partition coefficient (Wildman–Crippen LogP) is 3.96. The second kappa shape index (κ2) is 10.4. The van der Waals surface area contributed by atoms with E-state index in [0.717, 1.165) is 21.6 Å². The van der Waals surface area contributed by atoms with E-state index in [9.17, 15) is 14.4 Å². The number of nitrogens with zero attached hydrogens (tertiary/aromatic N) is 2. The Labute approximate surface area is 204 Å². The minimum atomic E-state index is -0.674. The lowest BCUT2D eigenvalue weighted by Gasteiger charge is -2.11.